The fourth-order valence-electron chi connectivity index (χ4n) is 10.8. The Balaban J connectivity index is 3.46. The van der Waals surface area contributed by atoms with Crippen LogP contribution in [-0.2, 0) is 4.79 Å². The molecule has 2 unspecified atom stereocenters. The second-order valence-electron chi connectivity index (χ2n) is 23.9. The molecule has 0 aromatic rings. The molecule has 0 aliphatic rings. The summed E-state index contributed by atoms with van der Waals surface area (Å²) in [6.45, 7) is 4.23. The van der Waals surface area contributed by atoms with Gasteiger partial charge in [-0.25, -0.2) is 0 Å². The normalized spacial score (nSPS) is 13.2. The summed E-state index contributed by atoms with van der Waals surface area (Å²) in [6, 6.07) is -0.628. The third-order valence-corrected chi connectivity index (χ3v) is 16.1. The number of nitrogens with one attached hydrogen (secondary N) is 1. The SMILES string of the molecule is CC/C=C\C/C=C\C/C=C\C/C=C\C/C=C\C/C=C\CCCCCCCCCCCCCCCCCCC(=O)NC(CO)C(O)/C=C/CCCCCCCCCCCCCCCCCCCCCCCCCCCCCCCC. The zero-order valence-corrected chi connectivity index (χ0v) is 53.1. The summed E-state index contributed by atoms with van der Waals surface area (Å²) in [5.41, 5.74) is 0. The van der Waals surface area contributed by atoms with Crippen LogP contribution in [0.25, 0.3) is 0 Å². The number of allylic oxidation sites excluding steroid dienone is 13. The van der Waals surface area contributed by atoms with Gasteiger partial charge in [-0.05, 0) is 70.6 Å². The van der Waals surface area contributed by atoms with E-state index in [1.165, 1.54) is 283 Å². The van der Waals surface area contributed by atoms with E-state index >= 15 is 0 Å². The molecular formula is C75H137NO3. The van der Waals surface area contributed by atoms with Gasteiger partial charge in [0.2, 0.25) is 5.91 Å². The molecule has 0 aliphatic carbocycles. The van der Waals surface area contributed by atoms with Crippen LogP contribution in [-0.4, -0.2) is 34.9 Å². The topological polar surface area (TPSA) is 69.6 Å². The molecule has 0 fully saturated rings. The highest BCUT2D eigenvalue weighted by molar-refractivity contribution is 5.76. The molecule has 79 heavy (non-hydrogen) atoms. The van der Waals surface area contributed by atoms with Crippen LogP contribution in [0.3, 0.4) is 0 Å². The highest BCUT2D eigenvalue weighted by Gasteiger charge is 2.18. The molecule has 460 valence electrons. The van der Waals surface area contributed by atoms with Crippen molar-refractivity contribution in [2.75, 3.05) is 6.61 Å². The van der Waals surface area contributed by atoms with Crippen molar-refractivity contribution in [3.63, 3.8) is 0 Å². The summed E-state index contributed by atoms with van der Waals surface area (Å²) < 4.78 is 0. The number of unbranched alkanes of at least 4 members (excludes halogenated alkanes) is 46. The molecule has 0 aromatic carbocycles. The average Bonchev–Trinajstić information content (AvgIpc) is 3.45. The van der Waals surface area contributed by atoms with Crippen molar-refractivity contribution in [2.45, 2.75) is 379 Å². The molecule has 3 N–H and O–H groups in total. The second-order valence-corrected chi connectivity index (χ2v) is 23.9. The molecule has 1 amide bonds. The van der Waals surface area contributed by atoms with Gasteiger partial charge in [-0.3, -0.25) is 4.79 Å². The molecule has 0 spiro atoms. The summed E-state index contributed by atoms with van der Waals surface area (Å²) in [6.07, 6.45) is 102. The number of hydrogen-bond donors (Lipinski definition) is 3. The van der Waals surface area contributed by atoms with Gasteiger partial charge in [0.1, 0.15) is 0 Å². The molecule has 0 saturated carbocycles. The molecule has 0 heterocycles. The van der Waals surface area contributed by atoms with Gasteiger partial charge in [0.25, 0.3) is 0 Å². The van der Waals surface area contributed by atoms with Gasteiger partial charge in [-0.1, -0.05) is 375 Å². The summed E-state index contributed by atoms with van der Waals surface area (Å²) in [5.74, 6) is -0.0608. The first-order chi connectivity index (χ1) is 39.2. The number of amides is 1. The van der Waals surface area contributed by atoms with Crippen LogP contribution in [0, 0.1) is 0 Å². The lowest BCUT2D eigenvalue weighted by Gasteiger charge is -2.20. The Morgan fingerprint density at radius 1 is 0.316 bits per heavy atom. The Bertz CT molecular complexity index is 1390. The van der Waals surface area contributed by atoms with Crippen LogP contribution >= 0.6 is 0 Å². The van der Waals surface area contributed by atoms with Crippen LogP contribution in [0.1, 0.15) is 367 Å². The van der Waals surface area contributed by atoms with Crippen LogP contribution in [0.2, 0.25) is 0 Å². The number of carbonyl (C=O) groups excluding carboxylic acids is 1. The van der Waals surface area contributed by atoms with Crippen molar-refractivity contribution < 1.29 is 15.0 Å². The van der Waals surface area contributed by atoms with Crippen molar-refractivity contribution in [1.29, 1.82) is 0 Å². The monoisotopic (exact) mass is 1100 g/mol. The molecule has 0 rings (SSSR count). The number of aliphatic hydroxyl groups is 2. The number of aliphatic hydroxyl groups excluding tert-OH is 2. The van der Waals surface area contributed by atoms with E-state index in [4.69, 9.17) is 0 Å². The van der Waals surface area contributed by atoms with Gasteiger partial charge in [0, 0.05) is 6.42 Å². The van der Waals surface area contributed by atoms with Gasteiger partial charge in [0.15, 0.2) is 0 Å². The zero-order chi connectivity index (χ0) is 56.9. The maximum atomic E-state index is 12.5. The van der Waals surface area contributed by atoms with E-state index in [9.17, 15) is 15.0 Å². The van der Waals surface area contributed by atoms with Crippen molar-refractivity contribution in [3.8, 4) is 0 Å². The minimum Gasteiger partial charge on any atom is -0.394 e. The molecule has 0 bridgehead atoms. The predicted octanol–water partition coefficient (Wildman–Crippen LogP) is 24.2. The maximum Gasteiger partial charge on any atom is 0.220 e. The largest absolute Gasteiger partial charge is 0.394 e. The average molecular weight is 1100 g/mol. The lowest BCUT2D eigenvalue weighted by atomic mass is 10.0. The summed E-state index contributed by atoms with van der Waals surface area (Å²) in [7, 11) is 0. The first-order valence-electron chi connectivity index (χ1n) is 35.3. The lowest BCUT2D eigenvalue weighted by molar-refractivity contribution is -0.123. The number of hydrogen-bond acceptors (Lipinski definition) is 3. The second kappa shape index (κ2) is 69.8. The smallest absolute Gasteiger partial charge is 0.220 e. The van der Waals surface area contributed by atoms with E-state index in [1.54, 1.807) is 6.08 Å². The molecular weight excluding hydrogens is 963 g/mol. The van der Waals surface area contributed by atoms with Crippen molar-refractivity contribution in [1.82, 2.24) is 5.32 Å². The van der Waals surface area contributed by atoms with Crippen LogP contribution in [0.15, 0.2) is 85.1 Å². The van der Waals surface area contributed by atoms with Crippen molar-refractivity contribution in [3.05, 3.63) is 85.1 Å². The van der Waals surface area contributed by atoms with E-state index in [0.717, 1.165) is 64.2 Å². The van der Waals surface area contributed by atoms with Gasteiger partial charge in [0.05, 0.1) is 18.8 Å². The lowest BCUT2D eigenvalue weighted by Crippen LogP contribution is -2.45. The molecule has 4 nitrogen and oxygen atoms in total. The van der Waals surface area contributed by atoms with E-state index in [-0.39, 0.29) is 12.5 Å². The van der Waals surface area contributed by atoms with Gasteiger partial charge < -0.3 is 15.5 Å². The Hall–Kier alpha value is -2.43. The van der Waals surface area contributed by atoms with Crippen LogP contribution in [0.4, 0.5) is 0 Å². The zero-order valence-electron chi connectivity index (χ0n) is 53.1. The number of rotatable bonds is 65. The fourth-order valence-corrected chi connectivity index (χ4v) is 10.8. The van der Waals surface area contributed by atoms with E-state index in [0.29, 0.717) is 6.42 Å². The highest BCUT2D eigenvalue weighted by Crippen LogP contribution is 2.19. The minimum atomic E-state index is -0.844. The van der Waals surface area contributed by atoms with E-state index < -0.39 is 12.1 Å². The van der Waals surface area contributed by atoms with Gasteiger partial charge in [-0.15, -0.1) is 0 Å². The van der Waals surface area contributed by atoms with Crippen molar-refractivity contribution in [2.24, 2.45) is 0 Å². The molecule has 0 aliphatic heterocycles. The molecule has 2 atom stereocenters. The fraction of sp³-hybridized carbons (Fsp3) is 0.800. The first-order valence-corrected chi connectivity index (χ1v) is 35.3. The van der Waals surface area contributed by atoms with E-state index in [1.807, 2.05) is 6.08 Å². The van der Waals surface area contributed by atoms with Crippen LogP contribution < -0.4 is 5.32 Å². The van der Waals surface area contributed by atoms with Gasteiger partial charge in [-0.2, -0.15) is 0 Å². The Labute approximate surface area is 494 Å². The third kappa shape index (κ3) is 66.3. The Kier molecular flexibility index (Phi) is 67.7. The first kappa shape index (κ1) is 76.6. The van der Waals surface area contributed by atoms with Crippen molar-refractivity contribution >= 4 is 5.91 Å². The third-order valence-electron chi connectivity index (χ3n) is 16.1. The molecule has 0 aromatic heterocycles. The van der Waals surface area contributed by atoms with Crippen LogP contribution in [0.5, 0.6) is 0 Å². The quantitative estimate of drug-likeness (QED) is 0.0420. The molecule has 4 heteroatoms. The summed E-state index contributed by atoms with van der Waals surface area (Å²) in [5, 5.41) is 23.3. The maximum absolute atomic E-state index is 12.5. The standard InChI is InChI=1S/C75H137NO3/c1-3-5-7-9-11-13-15-17-19-21-23-25-27-29-31-33-35-37-38-39-41-43-45-47-49-51-53-55-57-59-61-63-65-67-69-71-75(79)76-73(72-77)74(78)70-68-66-64-62-60-58-56-54-52-50-48-46-44-42-40-36-34-32-30-28-26-24-22-20-18-16-14-12-10-8-6-4-2/h5,7,11,13,17,19,23,25,29,31,35,37,68,70,73-74,77-78H,3-4,6,8-10,12,14-16,18,20-22,24,26-28,30,32-34,36,38-67,69,71-72H2,1-2H3,(H,76,79)/b7-5-,13-11-,19-17-,25-23-,31-29-,37-35-,70-68+. The molecule has 0 saturated heterocycles. The number of carbonyl (C=O) groups is 1. The van der Waals surface area contributed by atoms with E-state index in [2.05, 4.69) is 92.1 Å². The summed E-state index contributed by atoms with van der Waals surface area (Å²) >= 11 is 0. The van der Waals surface area contributed by atoms with Gasteiger partial charge >= 0.3 is 0 Å². The Morgan fingerprint density at radius 3 is 0.835 bits per heavy atom. The summed E-state index contributed by atoms with van der Waals surface area (Å²) in [4.78, 5) is 12.5. The Morgan fingerprint density at radius 2 is 0.557 bits per heavy atom. The molecule has 0 radical (unpaired) electrons. The predicted molar refractivity (Wildman–Crippen MR) is 354 cm³/mol. The highest BCUT2D eigenvalue weighted by atomic mass is 16.3. The minimum absolute atomic E-state index is 0.0608.